The van der Waals surface area contributed by atoms with Gasteiger partial charge in [0.05, 0.1) is 23.0 Å². The number of rotatable bonds is 3. The van der Waals surface area contributed by atoms with E-state index in [9.17, 15) is 22.8 Å². The fraction of sp³-hybridized carbons (Fsp3) is 0.304. The average Bonchev–Trinajstić information content (AvgIpc) is 3.31. The highest BCUT2D eigenvalue weighted by atomic mass is 19.4. The van der Waals surface area contributed by atoms with Gasteiger partial charge < -0.3 is 10.2 Å². The maximum atomic E-state index is 15.1. The molecule has 0 spiro atoms. The van der Waals surface area contributed by atoms with E-state index in [2.05, 4.69) is 35.4 Å². The maximum absolute atomic E-state index is 15.1. The van der Waals surface area contributed by atoms with Crippen LogP contribution in [0.5, 0.6) is 0 Å². The highest BCUT2D eigenvalue weighted by molar-refractivity contribution is 5.91. The lowest BCUT2D eigenvalue weighted by Crippen LogP contribution is -2.48. The molecule has 192 valence electrons. The van der Waals surface area contributed by atoms with Crippen molar-refractivity contribution in [3.8, 4) is 11.1 Å². The molecule has 10 nitrogen and oxygen atoms in total. The first-order valence-electron chi connectivity index (χ1n) is 11.2. The molecule has 2 N–H and O–H groups in total. The standard InChI is InChI=1S/C23H19F4N7O3/c1-3-18-20-11(6-19(35)30-31-20)4-10(2)34(18)22(36)29-16-8-14(23(25,26)27)13(7-15(16)24)12-5-17-21(28-9-12)33-37-32-17/h5-10,18H,3-4H2,1-2H3,(H,29,36)(H,30,35). The molecule has 0 radical (unpaired) electrons. The zero-order valence-corrected chi connectivity index (χ0v) is 19.4. The normalized spacial score (nSPS) is 17.6. The Bertz CT molecular complexity index is 1570. The van der Waals surface area contributed by atoms with E-state index in [0.717, 1.165) is 6.20 Å². The summed E-state index contributed by atoms with van der Waals surface area (Å²) in [4.78, 5) is 30.2. The fourth-order valence-corrected chi connectivity index (χ4v) is 4.65. The molecule has 1 aromatic carbocycles. The van der Waals surface area contributed by atoms with Gasteiger partial charge in [-0.2, -0.15) is 18.3 Å². The summed E-state index contributed by atoms with van der Waals surface area (Å²) in [7, 11) is 0. The number of nitrogens with one attached hydrogen (secondary N) is 2. The molecule has 1 aliphatic heterocycles. The third-order valence-corrected chi connectivity index (χ3v) is 6.26. The number of halogens is 4. The molecule has 0 aliphatic carbocycles. The predicted octanol–water partition coefficient (Wildman–Crippen LogP) is 4.46. The van der Waals surface area contributed by atoms with Gasteiger partial charge in [0.15, 0.2) is 5.52 Å². The summed E-state index contributed by atoms with van der Waals surface area (Å²) < 4.78 is 61.7. The van der Waals surface area contributed by atoms with Gasteiger partial charge >= 0.3 is 12.2 Å². The molecule has 3 aromatic heterocycles. The van der Waals surface area contributed by atoms with Crippen molar-refractivity contribution in [1.82, 2.24) is 30.4 Å². The minimum atomic E-state index is -4.88. The Hall–Kier alpha value is -4.36. The van der Waals surface area contributed by atoms with Crippen LogP contribution in [0.1, 0.15) is 43.1 Å². The molecule has 5 rings (SSSR count). The average molecular weight is 517 g/mol. The smallest absolute Gasteiger partial charge is 0.313 e. The van der Waals surface area contributed by atoms with Gasteiger partial charge in [0.2, 0.25) is 5.65 Å². The molecule has 14 heteroatoms. The number of aromatic nitrogens is 5. The first-order valence-corrected chi connectivity index (χ1v) is 11.2. The third-order valence-electron chi connectivity index (χ3n) is 6.26. The Morgan fingerprint density at radius 1 is 1.24 bits per heavy atom. The zero-order valence-electron chi connectivity index (χ0n) is 19.4. The van der Waals surface area contributed by atoms with Crippen LogP contribution in [0.4, 0.5) is 28.0 Å². The Balaban J connectivity index is 1.51. The quantitative estimate of drug-likeness (QED) is 0.384. The molecule has 0 bridgehead atoms. The number of amides is 2. The second-order valence-electron chi connectivity index (χ2n) is 8.66. The van der Waals surface area contributed by atoms with Crippen molar-refractivity contribution >= 4 is 22.9 Å². The number of hydrogen-bond donors (Lipinski definition) is 2. The number of anilines is 1. The van der Waals surface area contributed by atoms with E-state index in [4.69, 9.17) is 0 Å². The van der Waals surface area contributed by atoms with Crippen LogP contribution >= 0.6 is 0 Å². The van der Waals surface area contributed by atoms with Crippen LogP contribution in [0.15, 0.2) is 39.9 Å². The molecule has 2 unspecified atom stereocenters. The van der Waals surface area contributed by atoms with E-state index in [0.29, 0.717) is 36.2 Å². The largest absolute Gasteiger partial charge is 0.417 e. The van der Waals surface area contributed by atoms with Crippen LogP contribution in [0, 0.1) is 5.82 Å². The van der Waals surface area contributed by atoms with E-state index in [1.165, 1.54) is 17.0 Å². The van der Waals surface area contributed by atoms with Crippen molar-refractivity contribution in [2.45, 2.75) is 44.9 Å². The van der Waals surface area contributed by atoms with E-state index in [1.54, 1.807) is 13.8 Å². The number of hydrogen-bond acceptors (Lipinski definition) is 7. The van der Waals surface area contributed by atoms with Crippen molar-refractivity contribution in [2.24, 2.45) is 0 Å². The topological polar surface area (TPSA) is 130 Å². The summed E-state index contributed by atoms with van der Waals surface area (Å²) in [5, 5.41) is 15.8. The summed E-state index contributed by atoms with van der Waals surface area (Å²) in [6.07, 6.45) is -3.06. The first kappa shape index (κ1) is 24.3. The molecule has 4 heterocycles. The number of carbonyl (C=O) groups excluding carboxylic acids is 1. The van der Waals surface area contributed by atoms with Crippen LogP contribution in [-0.2, 0) is 12.6 Å². The number of urea groups is 1. The van der Waals surface area contributed by atoms with Crippen molar-refractivity contribution in [3.05, 3.63) is 63.5 Å². The van der Waals surface area contributed by atoms with Crippen molar-refractivity contribution in [1.29, 1.82) is 0 Å². The minimum Gasteiger partial charge on any atom is -0.313 e. The van der Waals surface area contributed by atoms with Crippen LogP contribution in [-0.4, -0.2) is 42.5 Å². The Morgan fingerprint density at radius 2 is 2.03 bits per heavy atom. The number of nitrogens with zero attached hydrogens (tertiary/aromatic N) is 5. The van der Waals surface area contributed by atoms with E-state index >= 15 is 4.39 Å². The Labute approximate surface area is 205 Å². The predicted molar refractivity (Wildman–Crippen MR) is 122 cm³/mol. The Morgan fingerprint density at radius 3 is 2.76 bits per heavy atom. The summed E-state index contributed by atoms with van der Waals surface area (Å²) in [5.41, 5.74) is -1.39. The van der Waals surface area contributed by atoms with Crippen LogP contribution in [0.2, 0.25) is 0 Å². The van der Waals surface area contributed by atoms with Gasteiger partial charge in [-0.15, -0.1) is 0 Å². The summed E-state index contributed by atoms with van der Waals surface area (Å²) in [5.74, 6) is -1.07. The molecule has 37 heavy (non-hydrogen) atoms. The molecule has 1 aliphatic rings. The highest BCUT2D eigenvalue weighted by Gasteiger charge is 2.38. The van der Waals surface area contributed by atoms with Gasteiger partial charge in [-0.3, -0.25) is 4.79 Å². The number of pyridine rings is 1. The molecule has 2 amide bonds. The van der Waals surface area contributed by atoms with Gasteiger partial charge in [0.1, 0.15) is 5.82 Å². The van der Waals surface area contributed by atoms with Crippen LogP contribution in [0.25, 0.3) is 22.3 Å². The SMILES string of the molecule is CCC1c2n[nH]c(=O)cc2CC(C)N1C(=O)Nc1cc(C(F)(F)F)c(-c2cnc3nonc3c2)cc1F. The molecular weight excluding hydrogens is 498 g/mol. The van der Waals surface area contributed by atoms with Crippen molar-refractivity contribution in [3.63, 3.8) is 0 Å². The third kappa shape index (κ3) is 4.38. The first-order chi connectivity index (χ1) is 17.6. The number of H-pyrrole nitrogens is 1. The lowest BCUT2D eigenvalue weighted by atomic mass is 9.92. The van der Waals surface area contributed by atoms with E-state index in [-0.39, 0.29) is 22.3 Å². The molecule has 2 atom stereocenters. The maximum Gasteiger partial charge on any atom is 0.417 e. The monoisotopic (exact) mass is 517 g/mol. The number of alkyl halides is 3. The van der Waals surface area contributed by atoms with E-state index < -0.39 is 46.9 Å². The number of aromatic amines is 1. The fourth-order valence-electron chi connectivity index (χ4n) is 4.65. The molecular formula is C23H19F4N7O3. The summed E-state index contributed by atoms with van der Waals surface area (Å²) >= 11 is 0. The summed E-state index contributed by atoms with van der Waals surface area (Å²) in [6.45, 7) is 3.53. The number of carbonyl (C=O) groups is 1. The summed E-state index contributed by atoms with van der Waals surface area (Å²) in [6, 6.07) is 2.09. The second-order valence-corrected chi connectivity index (χ2v) is 8.66. The van der Waals surface area contributed by atoms with Crippen LogP contribution in [0.3, 0.4) is 0 Å². The minimum absolute atomic E-state index is 0.0559. The van der Waals surface area contributed by atoms with Gasteiger partial charge in [0, 0.05) is 23.9 Å². The van der Waals surface area contributed by atoms with E-state index in [1.807, 2.05) is 0 Å². The van der Waals surface area contributed by atoms with Gasteiger partial charge in [-0.25, -0.2) is 23.9 Å². The zero-order chi connectivity index (χ0) is 26.5. The van der Waals surface area contributed by atoms with Crippen LogP contribution < -0.4 is 10.9 Å². The molecule has 0 saturated heterocycles. The lowest BCUT2D eigenvalue weighted by molar-refractivity contribution is -0.137. The molecule has 4 aromatic rings. The second kappa shape index (κ2) is 8.94. The Kier molecular flexibility index (Phi) is 5.88. The van der Waals surface area contributed by atoms with Gasteiger partial charge in [0.25, 0.3) is 5.56 Å². The van der Waals surface area contributed by atoms with Crippen molar-refractivity contribution in [2.75, 3.05) is 5.32 Å². The van der Waals surface area contributed by atoms with Gasteiger partial charge in [-0.05, 0) is 59.4 Å². The number of fused-ring (bicyclic) bond motifs is 2. The van der Waals surface area contributed by atoms with Gasteiger partial charge in [-0.1, -0.05) is 6.92 Å². The lowest BCUT2D eigenvalue weighted by Gasteiger charge is -2.40. The molecule has 0 saturated carbocycles. The molecule has 0 fully saturated rings. The highest BCUT2D eigenvalue weighted by Crippen LogP contribution is 2.40. The van der Waals surface area contributed by atoms with Crippen molar-refractivity contribution < 1.29 is 27.0 Å². The number of benzene rings is 1.